The second-order valence-electron chi connectivity index (χ2n) is 9.02. The van der Waals surface area contributed by atoms with Gasteiger partial charge in [0.2, 0.25) is 0 Å². The van der Waals surface area contributed by atoms with E-state index in [0.717, 1.165) is 88.5 Å². The third kappa shape index (κ3) is 4.44. The molecule has 3 N–H and O–H groups in total. The van der Waals surface area contributed by atoms with Crippen molar-refractivity contribution in [2.24, 2.45) is 5.92 Å². The lowest BCUT2D eigenvalue weighted by Gasteiger charge is -2.27. The molecular formula is C24H32N4O2. The molecule has 1 saturated carbocycles. The van der Waals surface area contributed by atoms with Crippen molar-refractivity contribution in [3.63, 3.8) is 0 Å². The summed E-state index contributed by atoms with van der Waals surface area (Å²) in [5.41, 5.74) is 4.90. The van der Waals surface area contributed by atoms with E-state index in [0.29, 0.717) is 12.0 Å². The average molecular weight is 409 g/mol. The molecule has 6 heteroatoms. The van der Waals surface area contributed by atoms with E-state index in [1.807, 2.05) is 6.20 Å². The number of aromatic nitrogens is 2. The molecule has 0 radical (unpaired) electrons. The van der Waals surface area contributed by atoms with E-state index in [-0.39, 0.29) is 6.10 Å². The van der Waals surface area contributed by atoms with E-state index in [4.69, 9.17) is 9.72 Å². The van der Waals surface area contributed by atoms with Crippen LogP contribution in [0.15, 0.2) is 24.4 Å². The molecule has 6 nitrogen and oxygen atoms in total. The Bertz CT molecular complexity index is 874. The molecule has 30 heavy (non-hydrogen) atoms. The van der Waals surface area contributed by atoms with Gasteiger partial charge in [0.25, 0.3) is 0 Å². The smallest absolute Gasteiger partial charge is 0.126 e. The predicted octanol–water partition coefficient (Wildman–Crippen LogP) is 3.80. The van der Waals surface area contributed by atoms with Gasteiger partial charge in [0.05, 0.1) is 11.8 Å². The molecule has 0 bridgehead atoms. The lowest BCUT2D eigenvalue weighted by atomic mass is 9.90. The Morgan fingerprint density at radius 3 is 2.60 bits per heavy atom. The molecule has 3 aliphatic rings. The zero-order valence-corrected chi connectivity index (χ0v) is 17.6. The van der Waals surface area contributed by atoms with Crippen molar-refractivity contribution in [1.82, 2.24) is 9.97 Å². The number of rotatable bonds is 5. The summed E-state index contributed by atoms with van der Waals surface area (Å²) < 4.78 is 5.47. The molecular weight excluding hydrogens is 376 g/mol. The number of aliphatic hydroxyl groups is 1. The fraction of sp³-hybridized carbons (Fsp3) is 0.583. The molecule has 3 heterocycles. The second-order valence-corrected chi connectivity index (χ2v) is 9.02. The van der Waals surface area contributed by atoms with Crippen molar-refractivity contribution < 1.29 is 9.84 Å². The Morgan fingerprint density at radius 1 is 0.967 bits per heavy atom. The SMILES string of the molecule is OC1CCC(Nc2cc3c(cn2)CCc2ccc(NCC4CCOCC4)nc2-3)CC1. The first-order valence-corrected chi connectivity index (χ1v) is 11.5. The van der Waals surface area contributed by atoms with Crippen molar-refractivity contribution in [3.05, 3.63) is 35.5 Å². The number of nitrogens with one attached hydrogen (secondary N) is 2. The topological polar surface area (TPSA) is 79.3 Å². The Kier molecular flexibility index (Phi) is 5.86. The lowest BCUT2D eigenvalue weighted by molar-refractivity contribution is 0.0699. The number of anilines is 2. The maximum Gasteiger partial charge on any atom is 0.126 e. The summed E-state index contributed by atoms with van der Waals surface area (Å²) >= 11 is 0. The fourth-order valence-electron chi connectivity index (χ4n) is 4.90. The van der Waals surface area contributed by atoms with Gasteiger partial charge in [0.15, 0.2) is 0 Å². The van der Waals surface area contributed by atoms with Crippen molar-refractivity contribution >= 4 is 11.6 Å². The summed E-state index contributed by atoms with van der Waals surface area (Å²) in [6.07, 6.45) is 9.89. The van der Waals surface area contributed by atoms with Gasteiger partial charge in [0, 0.05) is 37.6 Å². The van der Waals surface area contributed by atoms with Gasteiger partial charge >= 0.3 is 0 Å². The van der Waals surface area contributed by atoms with Gasteiger partial charge in [-0.1, -0.05) is 6.07 Å². The van der Waals surface area contributed by atoms with Crippen LogP contribution in [-0.4, -0.2) is 47.0 Å². The molecule has 2 aromatic rings. The summed E-state index contributed by atoms with van der Waals surface area (Å²) in [4.78, 5) is 9.68. The van der Waals surface area contributed by atoms with Crippen LogP contribution in [0.2, 0.25) is 0 Å². The Morgan fingerprint density at radius 2 is 1.77 bits per heavy atom. The minimum Gasteiger partial charge on any atom is -0.393 e. The van der Waals surface area contributed by atoms with Crippen LogP contribution in [0.5, 0.6) is 0 Å². The monoisotopic (exact) mass is 408 g/mol. The molecule has 0 amide bonds. The molecule has 2 aromatic heterocycles. The number of aryl methyl sites for hydroxylation is 2. The van der Waals surface area contributed by atoms with Gasteiger partial charge in [0.1, 0.15) is 11.6 Å². The quantitative estimate of drug-likeness (QED) is 0.698. The van der Waals surface area contributed by atoms with E-state index in [1.165, 1.54) is 16.7 Å². The highest BCUT2D eigenvalue weighted by Gasteiger charge is 2.22. The van der Waals surface area contributed by atoms with Crippen LogP contribution in [0.25, 0.3) is 11.3 Å². The number of hydrogen-bond acceptors (Lipinski definition) is 6. The van der Waals surface area contributed by atoms with Gasteiger partial charge in [-0.25, -0.2) is 9.97 Å². The van der Waals surface area contributed by atoms with Gasteiger partial charge in [-0.15, -0.1) is 0 Å². The third-order valence-corrected chi connectivity index (χ3v) is 6.85. The van der Waals surface area contributed by atoms with E-state index in [1.54, 1.807) is 0 Å². The Labute approximate surface area is 178 Å². The maximum atomic E-state index is 9.75. The lowest BCUT2D eigenvalue weighted by Crippen LogP contribution is -2.28. The molecule has 2 fully saturated rings. The number of nitrogens with zero attached hydrogens (tertiary/aromatic N) is 2. The van der Waals surface area contributed by atoms with Crippen molar-refractivity contribution in [2.75, 3.05) is 30.4 Å². The van der Waals surface area contributed by atoms with Crippen molar-refractivity contribution in [3.8, 4) is 11.3 Å². The van der Waals surface area contributed by atoms with Gasteiger partial charge < -0.3 is 20.5 Å². The van der Waals surface area contributed by atoms with Crippen LogP contribution >= 0.6 is 0 Å². The molecule has 0 atom stereocenters. The first kappa shape index (κ1) is 19.8. The average Bonchev–Trinajstić information content (AvgIpc) is 2.80. The van der Waals surface area contributed by atoms with Crippen molar-refractivity contribution in [2.45, 2.75) is 63.5 Å². The maximum absolute atomic E-state index is 9.75. The van der Waals surface area contributed by atoms with E-state index >= 15 is 0 Å². The van der Waals surface area contributed by atoms with Crippen LogP contribution in [0.4, 0.5) is 11.6 Å². The summed E-state index contributed by atoms with van der Waals surface area (Å²) in [6, 6.07) is 6.92. The highest BCUT2D eigenvalue weighted by atomic mass is 16.5. The highest BCUT2D eigenvalue weighted by molar-refractivity contribution is 5.73. The van der Waals surface area contributed by atoms with Gasteiger partial charge in [-0.3, -0.25) is 0 Å². The molecule has 160 valence electrons. The number of fused-ring (bicyclic) bond motifs is 3. The second kappa shape index (κ2) is 8.90. The Balaban J connectivity index is 1.32. The third-order valence-electron chi connectivity index (χ3n) is 6.85. The fourth-order valence-corrected chi connectivity index (χ4v) is 4.90. The molecule has 0 unspecified atom stereocenters. The summed E-state index contributed by atoms with van der Waals surface area (Å²) in [5, 5.41) is 16.9. The predicted molar refractivity (Wildman–Crippen MR) is 119 cm³/mol. The van der Waals surface area contributed by atoms with E-state index in [9.17, 15) is 5.11 Å². The van der Waals surface area contributed by atoms with Crippen molar-refractivity contribution in [1.29, 1.82) is 0 Å². The normalized spacial score (nSPS) is 24.0. The van der Waals surface area contributed by atoms with Gasteiger partial charge in [-0.05, 0) is 80.5 Å². The first-order valence-electron chi connectivity index (χ1n) is 11.5. The molecule has 0 spiro atoms. The zero-order valence-electron chi connectivity index (χ0n) is 17.6. The van der Waals surface area contributed by atoms with Gasteiger partial charge in [-0.2, -0.15) is 0 Å². The summed E-state index contributed by atoms with van der Waals surface area (Å²) in [6.45, 7) is 2.71. The number of pyridine rings is 2. The number of hydrogen-bond donors (Lipinski definition) is 3. The number of aliphatic hydroxyl groups excluding tert-OH is 1. The zero-order chi connectivity index (χ0) is 20.3. The Hall–Kier alpha value is -2.18. The van der Waals surface area contributed by atoms with E-state index < -0.39 is 0 Å². The number of ether oxygens (including phenoxy) is 1. The van der Waals surface area contributed by atoms with Crippen LogP contribution in [-0.2, 0) is 17.6 Å². The van der Waals surface area contributed by atoms with E-state index in [2.05, 4.69) is 33.8 Å². The molecule has 5 rings (SSSR count). The van der Waals surface area contributed by atoms with Crippen LogP contribution < -0.4 is 10.6 Å². The van der Waals surface area contributed by atoms with Crippen LogP contribution in [0, 0.1) is 5.92 Å². The molecule has 1 aliphatic heterocycles. The summed E-state index contributed by atoms with van der Waals surface area (Å²) in [5.74, 6) is 2.55. The van der Waals surface area contributed by atoms with Crippen LogP contribution in [0.1, 0.15) is 49.7 Å². The summed E-state index contributed by atoms with van der Waals surface area (Å²) in [7, 11) is 0. The molecule has 2 aliphatic carbocycles. The molecule has 0 aromatic carbocycles. The first-order chi connectivity index (χ1) is 14.7. The minimum atomic E-state index is -0.136. The largest absolute Gasteiger partial charge is 0.393 e. The van der Waals surface area contributed by atoms with Crippen LogP contribution in [0.3, 0.4) is 0 Å². The molecule has 1 saturated heterocycles. The minimum absolute atomic E-state index is 0.136. The standard InChI is InChI=1S/C24H32N4O2/c29-20-6-4-19(5-7-20)27-23-13-21-18(15-26-23)2-1-17-3-8-22(28-24(17)21)25-14-16-9-11-30-12-10-16/h3,8,13,15-16,19-20,29H,1-2,4-7,9-12,14H2,(H,25,28)(H,26,27). The highest BCUT2D eigenvalue weighted by Crippen LogP contribution is 2.34.